The van der Waals surface area contributed by atoms with Crippen LogP contribution >= 0.6 is 0 Å². The van der Waals surface area contributed by atoms with Crippen molar-refractivity contribution in [2.45, 2.75) is 12.8 Å². The number of aryl methyl sites for hydroxylation is 2. The van der Waals surface area contributed by atoms with Crippen LogP contribution in [0.15, 0.2) is 36.7 Å². The van der Waals surface area contributed by atoms with Crippen molar-refractivity contribution < 1.29 is 9.47 Å². The van der Waals surface area contributed by atoms with Crippen molar-refractivity contribution in [1.82, 2.24) is 15.0 Å². The largest absolute Gasteiger partial charge is 0.486 e. The third-order valence-electron chi connectivity index (χ3n) is 3.59. The van der Waals surface area contributed by atoms with Crippen LogP contribution in [0.2, 0.25) is 0 Å². The van der Waals surface area contributed by atoms with Gasteiger partial charge in [-0.25, -0.2) is 4.98 Å². The van der Waals surface area contributed by atoms with Crippen molar-refractivity contribution in [1.29, 1.82) is 0 Å². The Bertz CT molecular complexity index is 725. The SMILES string of the molecule is c1cc(CCc2nc3cc4c(cc3[nH]2)OCCO4)ccn1. The van der Waals surface area contributed by atoms with Gasteiger partial charge in [0.15, 0.2) is 11.5 Å². The van der Waals surface area contributed by atoms with Crippen LogP contribution in [-0.4, -0.2) is 28.2 Å². The molecule has 0 amide bonds. The number of aromatic amines is 1. The molecule has 21 heavy (non-hydrogen) atoms. The summed E-state index contributed by atoms with van der Waals surface area (Å²) >= 11 is 0. The number of ether oxygens (including phenoxy) is 2. The van der Waals surface area contributed by atoms with Crippen LogP contribution < -0.4 is 9.47 Å². The molecule has 0 radical (unpaired) electrons. The second kappa shape index (κ2) is 5.09. The van der Waals surface area contributed by atoms with Gasteiger partial charge in [-0.15, -0.1) is 0 Å². The van der Waals surface area contributed by atoms with Crippen LogP contribution in [0.1, 0.15) is 11.4 Å². The molecule has 0 aliphatic carbocycles. The Balaban J connectivity index is 1.59. The van der Waals surface area contributed by atoms with Gasteiger partial charge in [0.2, 0.25) is 0 Å². The number of pyridine rings is 1. The second-order valence-corrected chi connectivity index (χ2v) is 5.05. The van der Waals surface area contributed by atoms with E-state index in [9.17, 15) is 0 Å². The molecule has 0 bridgehead atoms. The summed E-state index contributed by atoms with van der Waals surface area (Å²) < 4.78 is 11.2. The fraction of sp³-hybridized carbons (Fsp3) is 0.250. The number of benzene rings is 1. The molecule has 1 aromatic carbocycles. The lowest BCUT2D eigenvalue weighted by Crippen LogP contribution is -2.15. The molecule has 1 N–H and O–H groups in total. The summed E-state index contributed by atoms with van der Waals surface area (Å²) in [5, 5.41) is 0. The second-order valence-electron chi connectivity index (χ2n) is 5.05. The first-order chi connectivity index (χ1) is 10.4. The van der Waals surface area contributed by atoms with Gasteiger partial charge in [0.25, 0.3) is 0 Å². The number of H-pyrrole nitrogens is 1. The average molecular weight is 281 g/mol. The van der Waals surface area contributed by atoms with Crippen molar-refractivity contribution in [2.24, 2.45) is 0 Å². The van der Waals surface area contributed by atoms with Gasteiger partial charge < -0.3 is 14.5 Å². The minimum absolute atomic E-state index is 0.595. The molecule has 0 atom stereocenters. The predicted octanol–water partition coefficient (Wildman–Crippen LogP) is 2.51. The van der Waals surface area contributed by atoms with Gasteiger partial charge in [-0.05, 0) is 24.1 Å². The van der Waals surface area contributed by atoms with Crippen molar-refractivity contribution >= 4 is 11.0 Å². The number of rotatable bonds is 3. The highest BCUT2D eigenvalue weighted by atomic mass is 16.6. The standard InChI is InChI=1S/C16H15N3O2/c1(11-3-5-17-6-4-11)2-16-18-12-9-14-15(10-13(12)19-16)21-8-7-20-14/h3-6,9-10H,1-2,7-8H2,(H,18,19). The van der Waals surface area contributed by atoms with Gasteiger partial charge in [0.05, 0.1) is 11.0 Å². The van der Waals surface area contributed by atoms with Gasteiger partial charge >= 0.3 is 0 Å². The van der Waals surface area contributed by atoms with E-state index in [0.717, 1.165) is 41.2 Å². The summed E-state index contributed by atoms with van der Waals surface area (Å²) in [4.78, 5) is 12.0. The lowest BCUT2D eigenvalue weighted by atomic mass is 10.1. The molecular weight excluding hydrogens is 266 g/mol. The third kappa shape index (κ3) is 2.42. The van der Waals surface area contributed by atoms with E-state index in [2.05, 4.69) is 15.0 Å². The van der Waals surface area contributed by atoms with Gasteiger partial charge in [0, 0.05) is 30.9 Å². The van der Waals surface area contributed by atoms with E-state index in [1.807, 2.05) is 36.7 Å². The summed E-state index contributed by atoms with van der Waals surface area (Å²) in [6.07, 6.45) is 5.44. The molecule has 0 fully saturated rings. The monoisotopic (exact) mass is 281 g/mol. The first kappa shape index (κ1) is 12.2. The van der Waals surface area contributed by atoms with E-state index in [4.69, 9.17) is 9.47 Å². The molecule has 0 unspecified atom stereocenters. The highest BCUT2D eigenvalue weighted by Gasteiger charge is 2.14. The predicted molar refractivity (Wildman–Crippen MR) is 78.7 cm³/mol. The van der Waals surface area contributed by atoms with Crippen molar-refractivity contribution in [3.63, 3.8) is 0 Å². The maximum atomic E-state index is 5.59. The average Bonchev–Trinajstić information content (AvgIpc) is 2.93. The zero-order valence-electron chi connectivity index (χ0n) is 11.5. The number of nitrogens with one attached hydrogen (secondary N) is 1. The smallest absolute Gasteiger partial charge is 0.163 e. The van der Waals surface area contributed by atoms with Crippen molar-refractivity contribution in [2.75, 3.05) is 13.2 Å². The van der Waals surface area contributed by atoms with Crippen molar-refractivity contribution in [3.05, 3.63) is 48.0 Å². The van der Waals surface area contributed by atoms with E-state index in [1.165, 1.54) is 5.56 Å². The van der Waals surface area contributed by atoms with E-state index in [-0.39, 0.29) is 0 Å². The van der Waals surface area contributed by atoms with Crippen LogP contribution in [0.4, 0.5) is 0 Å². The van der Waals surface area contributed by atoms with Crippen LogP contribution in [0.3, 0.4) is 0 Å². The van der Waals surface area contributed by atoms with E-state index < -0.39 is 0 Å². The number of imidazole rings is 1. The summed E-state index contributed by atoms with van der Waals surface area (Å²) in [6, 6.07) is 7.97. The number of hydrogen-bond acceptors (Lipinski definition) is 4. The van der Waals surface area contributed by atoms with Crippen molar-refractivity contribution in [3.8, 4) is 11.5 Å². The maximum Gasteiger partial charge on any atom is 0.163 e. The molecule has 106 valence electrons. The van der Waals surface area contributed by atoms with Gasteiger partial charge in [-0.2, -0.15) is 0 Å². The number of nitrogens with zero attached hydrogens (tertiary/aromatic N) is 2. The molecule has 5 nitrogen and oxygen atoms in total. The topological polar surface area (TPSA) is 60.0 Å². The fourth-order valence-electron chi connectivity index (χ4n) is 2.53. The Hall–Kier alpha value is -2.56. The highest BCUT2D eigenvalue weighted by molar-refractivity contribution is 5.79. The lowest BCUT2D eigenvalue weighted by Gasteiger charge is -2.17. The molecule has 0 spiro atoms. The number of hydrogen-bond donors (Lipinski definition) is 1. The Morgan fingerprint density at radius 1 is 1.00 bits per heavy atom. The Kier molecular flexibility index (Phi) is 2.96. The molecule has 0 saturated heterocycles. The van der Waals surface area contributed by atoms with Crippen LogP contribution in [0.5, 0.6) is 11.5 Å². The van der Waals surface area contributed by atoms with Crippen LogP contribution in [0.25, 0.3) is 11.0 Å². The Morgan fingerprint density at radius 3 is 2.57 bits per heavy atom. The summed E-state index contributed by atoms with van der Waals surface area (Å²) in [6.45, 7) is 1.19. The zero-order chi connectivity index (χ0) is 14.1. The van der Waals surface area contributed by atoms with Gasteiger partial charge in [0.1, 0.15) is 19.0 Å². The molecule has 3 aromatic rings. The zero-order valence-corrected chi connectivity index (χ0v) is 11.5. The number of fused-ring (bicyclic) bond motifs is 2. The molecule has 4 rings (SSSR count). The first-order valence-electron chi connectivity index (χ1n) is 7.06. The minimum atomic E-state index is 0.595. The Labute approximate surface area is 121 Å². The minimum Gasteiger partial charge on any atom is -0.486 e. The van der Waals surface area contributed by atoms with E-state index >= 15 is 0 Å². The third-order valence-corrected chi connectivity index (χ3v) is 3.59. The van der Waals surface area contributed by atoms with E-state index in [0.29, 0.717) is 13.2 Å². The van der Waals surface area contributed by atoms with Crippen LogP contribution in [0, 0.1) is 0 Å². The van der Waals surface area contributed by atoms with Crippen LogP contribution in [-0.2, 0) is 12.8 Å². The summed E-state index contributed by atoms with van der Waals surface area (Å²) in [5.74, 6) is 2.54. The Morgan fingerprint density at radius 2 is 1.76 bits per heavy atom. The number of aromatic nitrogens is 3. The quantitative estimate of drug-likeness (QED) is 0.801. The molecule has 5 heteroatoms. The lowest BCUT2D eigenvalue weighted by molar-refractivity contribution is 0.172. The van der Waals surface area contributed by atoms with Gasteiger partial charge in [-0.1, -0.05) is 0 Å². The molecule has 1 aliphatic rings. The molecular formula is C16H15N3O2. The summed E-state index contributed by atoms with van der Waals surface area (Å²) in [7, 11) is 0. The molecule has 2 aromatic heterocycles. The normalized spacial score (nSPS) is 13.5. The van der Waals surface area contributed by atoms with Gasteiger partial charge in [-0.3, -0.25) is 4.98 Å². The first-order valence-corrected chi connectivity index (χ1v) is 7.06. The molecule has 3 heterocycles. The highest BCUT2D eigenvalue weighted by Crippen LogP contribution is 2.33. The van der Waals surface area contributed by atoms with E-state index in [1.54, 1.807) is 0 Å². The maximum absolute atomic E-state index is 5.59. The fourth-order valence-corrected chi connectivity index (χ4v) is 2.53. The molecule has 1 aliphatic heterocycles. The summed E-state index contributed by atoms with van der Waals surface area (Å²) in [5.41, 5.74) is 3.17. The molecule has 0 saturated carbocycles.